The van der Waals surface area contributed by atoms with Gasteiger partial charge in [-0.1, -0.05) is 17.7 Å². The fourth-order valence-corrected chi connectivity index (χ4v) is 2.43. The van der Waals surface area contributed by atoms with Gasteiger partial charge in [0, 0.05) is 32.7 Å². The van der Waals surface area contributed by atoms with Gasteiger partial charge in [-0.2, -0.15) is 0 Å². The van der Waals surface area contributed by atoms with Crippen LogP contribution in [0.4, 0.5) is 4.39 Å². The highest BCUT2D eigenvalue weighted by Crippen LogP contribution is 2.17. The summed E-state index contributed by atoms with van der Waals surface area (Å²) >= 11 is 5.76. The number of hydrogen-bond acceptors (Lipinski definition) is 3. The Morgan fingerprint density at radius 1 is 1.26 bits per heavy atom. The van der Waals surface area contributed by atoms with Gasteiger partial charge in [0.1, 0.15) is 5.82 Å². The van der Waals surface area contributed by atoms with Gasteiger partial charge in [-0.05, 0) is 17.7 Å². The van der Waals surface area contributed by atoms with Crippen molar-refractivity contribution in [2.45, 2.75) is 6.54 Å². The molecule has 2 N–H and O–H groups in total. The fourth-order valence-electron chi connectivity index (χ4n) is 2.22. The minimum absolute atomic E-state index is 0.157. The Bertz CT molecular complexity index is 461. The van der Waals surface area contributed by atoms with Crippen molar-refractivity contribution in [2.75, 3.05) is 32.7 Å². The molecule has 1 aliphatic rings. The Morgan fingerprint density at radius 2 is 1.89 bits per heavy atom. The Hall–Kier alpha value is -1.17. The summed E-state index contributed by atoms with van der Waals surface area (Å²) in [5, 5.41) is 0.157. The second kappa shape index (κ2) is 6.32. The number of hydrogen-bond donors (Lipinski definition) is 1. The highest BCUT2D eigenvalue weighted by Gasteiger charge is 2.18. The lowest BCUT2D eigenvalue weighted by atomic mass is 10.2. The van der Waals surface area contributed by atoms with Crippen molar-refractivity contribution in [3.05, 3.63) is 34.6 Å². The molecule has 0 radical (unpaired) electrons. The topological polar surface area (TPSA) is 49.6 Å². The first-order chi connectivity index (χ1) is 9.04. The number of nitrogens with two attached hydrogens (primary N) is 1. The molecule has 0 unspecified atom stereocenters. The summed E-state index contributed by atoms with van der Waals surface area (Å²) in [4.78, 5) is 15.1. The molecular formula is C13H17ClFN3O. The monoisotopic (exact) mass is 285 g/mol. The molecule has 0 saturated carbocycles. The number of carbonyl (C=O) groups is 1. The third-order valence-electron chi connectivity index (χ3n) is 3.23. The van der Waals surface area contributed by atoms with Crippen molar-refractivity contribution in [1.82, 2.24) is 9.80 Å². The second-order valence-electron chi connectivity index (χ2n) is 4.77. The van der Waals surface area contributed by atoms with Crippen LogP contribution in [0.25, 0.3) is 0 Å². The SMILES string of the molecule is NC(=O)CN1CCN(Cc2ccc(F)c(Cl)c2)CC1. The van der Waals surface area contributed by atoms with Gasteiger partial charge in [-0.15, -0.1) is 0 Å². The van der Waals surface area contributed by atoms with Crippen molar-refractivity contribution in [2.24, 2.45) is 5.73 Å². The first-order valence-corrected chi connectivity index (χ1v) is 6.59. The van der Waals surface area contributed by atoms with Crippen molar-refractivity contribution < 1.29 is 9.18 Å². The van der Waals surface area contributed by atoms with E-state index in [1.807, 2.05) is 4.90 Å². The maximum Gasteiger partial charge on any atom is 0.231 e. The molecular weight excluding hydrogens is 269 g/mol. The van der Waals surface area contributed by atoms with Gasteiger partial charge in [0.25, 0.3) is 0 Å². The van der Waals surface area contributed by atoms with Crippen LogP contribution in [0.5, 0.6) is 0 Å². The minimum Gasteiger partial charge on any atom is -0.369 e. The van der Waals surface area contributed by atoms with Gasteiger partial charge in [0.15, 0.2) is 0 Å². The largest absolute Gasteiger partial charge is 0.369 e. The lowest BCUT2D eigenvalue weighted by Crippen LogP contribution is -2.48. The summed E-state index contributed by atoms with van der Waals surface area (Å²) in [6.45, 7) is 4.42. The number of rotatable bonds is 4. The number of carbonyl (C=O) groups excluding carboxylic acids is 1. The van der Waals surface area contributed by atoms with Crippen LogP contribution in [0.2, 0.25) is 5.02 Å². The van der Waals surface area contributed by atoms with Crippen LogP contribution in [0, 0.1) is 5.82 Å². The maximum atomic E-state index is 13.1. The van der Waals surface area contributed by atoms with Crippen molar-refractivity contribution in [3.8, 4) is 0 Å². The molecule has 0 aromatic heterocycles. The Balaban J connectivity index is 1.85. The summed E-state index contributed by atoms with van der Waals surface area (Å²) in [5.41, 5.74) is 6.16. The molecule has 0 spiro atoms. The quantitative estimate of drug-likeness (QED) is 0.901. The number of amides is 1. The molecule has 104 valence electrons. The van der Waals surface area contributed by atoms with Gasteiger partial charge < -0.3 is 5.73 Å². The molecule has 1 aromatic rings. The van der Waals surface area contributed by atoms with Crippen LogP contribution in [-0.4, -0.2) is 48.4 Å². The molecule has 1 saturated heterocycles. The van der Waals surface area contributed by atoms with E-state index >= 15 is 0 Å². The zero-order valence-corrected chi connectivity index (χ0v) is 11.4. The van der Waals surface area contributed by atoms with E-state index in [2.05, 4.69) is 4.90 Å². The number of halogens is 2. The number of piperazine rings is 1. The van der Waals surface area contributed by atoms with Crippen LogP contribution in [0.15, 0.2) is 18.2 Å². The van der Waals surface area contributed by atoms with Crippen molar-refractivity contribution in [1.29, 1.82) is 0 Å². The van der Waals surface area contributed by atoms with Crippen LogP contribution in [0.3, 0.4) is 0 Å². The molecule has 1 fully saturated rings. The number of primary amides is 1. The minimum atomic E-state index is -0.392. The molecule has 1 amide bonds. The predicted octanol–water partition coefficient (Wildman–Crippen LogP) is 1.08. The fraction of sp³-hybridized carbons (Fsp3) is 0.462. The normalized spacial score (nSPS) is 17.6. The maximum absolute atomic E-state index is 13.1. The molecule has 1 heterocycles. The van der Waals surface area contributed by atoms with Crippen molar-refractivity contribution >= 4 is 17.5 Å². The summed E-state index contributed by atoms with van der Waals surface area (Å²) in [5.74, 6) is -0.685. The summed E-state index contributed by atoms with van der Waals surface area (Å²) in [7, 11) is 0. The van der Waals surface area contributed by atoms with E-state index in [0.29, 0.717) is 6.54 Å². The molecule has 0 atom stereocenters. The Labute approximate surface area is 116 Å². The highest BCUT2D eigenvalue weighted by molar-refractivity contribution is 6.30. The van der Waals surface area contributed by atoms with Gasteiger partial charge in [0.2, 0.25) is 5.91 Å². The van der Waals surface area contributed by atoms with Gasteiger partial charge in [0.05, 0.1) is 11.6 Å². The summed E-state index contributed by atoms with van der Waals surface area (Å²) in [6.07, 6.45) is 0. The number of nitrogens with zero attached hydrogens (tertiary/aromatic N) is 2. The lowest BCUT2D eigenvalue weighted by molar-refractivity contribution is -0.119. The third kappa shape index (κ3) is 4.16. The molecule has 1 aromatic carbocycles. The van der Waals surface area contributed by atoms with Crippen LogP contribution in [0.1, 0.15) is 5.56 Å². The lowest BCUT2D eigenvalue weighted by Gasteiger charge is -2.34. The van der Waals surface area contributed by atoms with E-state index in [1.165, 1.54) is 6.07 Å². The smallest absolute Gasteiger partial charge is 0.231 e. The Kier molecular flexibility index (Phi) is 4.74. The predicted molar refractivity (Wildman–Crippen MR) is 72.3 cm³/mol. The van der Waals surface area contributed by atoms with E-state index in [-0.39, 0.29) is 10.9 Å². The molecule has 1 aliphatic heterocycles. The molecule has 6 heteroatoms. The van der Waals surface area contributed by atoms with Gasteiger partial charge >= 0.3 is 0 Å². The molecule has 4 nitrogen and oxygen atoms in total. The van der Waals surface area contributed by atoms with E-state index in [4.69, 9.17) is 17.3 Å². The average Bonchev–Trinajstić information content (AvgIpc) is 2.36. The van der Waals surface area contributed by atoms with E-state index < -0.39 is 5.82 Å². The van der Waals surface area contributed by atoms with Crippen molar-refractivity contribution in [3.63, 3.8) is 0 Å². The first-order valence-electron chi connectivity index (χ1n) is 6.21. The average molecular weight is 286 g/mol. The highest BCUT2D eigenvalue weighted by atomic mass is 35.5. The van der Waals surface area contributed by atoms with E-state index in [9.17, 15) is 9.18 Å². The van der Waals surface area contributed by atoms with Crippen LogP contribution >= 0.6 is 11.6 Å². The second-order valence-corrected chi connectivity index (χ2v) is 5.17. The van der Waals surface area contributed by atoms with E-state index in [0.717, 1.165) is 38.3 Å². The van der Waals surface area contributed by atoms with Gasteiger partial charge in [-0.3, -0.25) is 14.6 Å². The summed E-state index contributed by atoms with van der Waals surface area (Å²) < 4.78 is 13.1. The zero-order chi connectivity index (χ0) is 13.8. The standard InChI is InChI=1S/C13H17ClFN3O/c14-11-7-10(1-2-12(11)15)8-17-3-5-18(6-4-17)9-13(16)19/h1-2,7H,3-6,8-9H2,(H2,16,19). The molecule has 0 aliphatic carbocycles. The van der Waals surface area contributed by atoms with Gasteiger partial charge in [-0.25, -0.2) is 4.39 Å². The number of benzene rings is 1. The summed E-state index contributed by atoms with van der Waals surface area (Å²) in [6, 6.07) is 4.80. The first kappa shape index (κ1) is 14.2. The Morgan fingerprint density at radius 3 is 2.47 bits per heavy atom. The van der Waals surface area contributed by atoms with Crippen LogP contribution < -0.4 is 5.73 Å². The molecule has 19 heavy (non-hydrogen) atoms. The van der Waals surface area contributed by atoms with E-state index in [1.54, 1.807) is 12.1 Å². The molecule has 0 bridgehead atoms. The van der Waals surface area contributed by atoms with Crippen LogP contribution in [-0.2, 0) is 11.3 Å². The molecule has 2 rings (SSSR count). The third-order valence-corrected chi connectivity index (χ3v) is 3.52. The zero-order valence-electron chi connectivity index (χ0n) is 10.6.